The highest BCUT2D eigenvalue weighted by Crippen LogP contribution is 2.34. The third kappa shape index (κ3) is 4.47. The first-order valence-electron chi connectivity index (χ1n) is 5.18. The Bertz CT molecular complexity index is 565. The Balaban J connectivity index is 0.00000400. The van der Waals surface area contributed by atoms with Gasteiger partial charge in [-0.3, -0.25) is 20.7 Å². The number of ether oxygens (including phenoxy) is 2. The van der Waals surface area contributed by atoms with Crippen molar-refractivity contribution in [1.82, 2.24) is 5.17 Å². The van der Waals surface area contributed by atoms with Crippen molar-refractivity contribution in [1.29, 1.82) is 5.41 Å². The maximum absolute atomic E-state index is 10.8. The van der Waals surface area contributed by atoms with Gasteiger partial charge in [0, 0.05) is 11.6 Å². The number of nitrogens with two attached hydrogens (primary N) is 1. The van der Waals surface area contributed by atoms with Crippen LogP contribution in [0.15, 0.2) is 17.2 Å². The number of hydrazone groups is 1. The molecule has 10 nitrogen and oxygen atoms in total. The molecule has 0 aromatic heterocycles. The summed E-state index contributed by atoms with van der Waals surface area (Å²) in [6, 6.07) is 2.37. The highest BCUT2D eigenvalue weighted by molar-refractivity contribution is 5.87. The topological polar surface area (TPSA) is 147 Å². The molecule has 0 heterocycles. The first kappa shape index (κ1) is 18.4. The predicted molar refractivity (Wildman–Crippen MR) is 76.6 cm³/mol. The molecule has 0 atom stereocenters. The fraction of sp³-hybridized carbons (Fsp3) is 0.200. The average Bonchev–Trinajstić information content (AvgIpc) is 2.42. The Hall–Kier alpha value is -2.59. The zero-order chi connectivity index (χ0) is 15.3. The molecule has 0 radical (unpaired) electrons. The van der Waals surface area contributed by atoms with E-state index in [-0.39, 0.29) is 40.3 Å². The van der Waals surface area contributed by atoms with Crippen molar-refractivity contribution in [2.75, 3.05) is 14.2 Å². The largest absolute Gasteiger partial charge is 0.493 e. The second-order valence-corrected chi connectivity index (χ2v) is 3.45. The van der Waals surface area contributed by atoms with Crippen LogP contribution in [0.4, 0.5) is 5.69 Å². The number of nitrogens with one attached hydrogen (secondary N) is 1. The number of hydrogen-bond acceptors (Lipinski definition) is 7. The third-order valence-corrected chi connectivity index (χ3v) is 2.22. The standard InChI is InChI=1S/C10H13N5O5.ClH/c1-19-8-4-7(15(17)18)3-6(9(8)20-2)5-13-14(16)10(11)12;/h3-5,16H,1-2H3,(H3,11,12);1H/b13-5+;. The number of hydroxylamine groups is 1. The molecular formula is C10H14ClN5O5. The summed E-state index contributed by atoms with van der Waals surface area (Å²) in [5.74, 6) is -0.383. The lowest BCUT2D eigenvalue weighted by molar-refractivity contribution is -0.385. The van der Waals surface area contributed by atoms with Crippen LogP contribution in [0, 0.1) is 15.5 Å². The van der Waals surface area contributed by atoms with Crippen LogP contribution in [-0.4, -0.2) is 41.7 Å². The lowest BCUT2D eigenvalue weighted by Crippen LogP contribution is -2.28. The molecule has 0 aliphatic heterocycles. The Kier molecular flexibility index (Phi) is 6.90. The van der Waals surface area contributed by atoms with E-state index >= 15 is 0 Å². The lowest BCUT2D eigenvalue weighted by atomic mass is 10.1. The van der Waals surface area contributed by atoms with Gasteiger partial charge < -0.3 is 15.2 Å². The smallest absolute Gasteiger partial charge is 0.274 e. The van der Waals surface area contributed by atoms with Crippen molar-refractivity contribution in [3.63, 3.8) is 0 Å². The maximum Gasteiger partial charge on any atom is 0.274 e. The molecule has 0 unspecified atom stereocenters. The summed E-state index contributed by atoms with van der Waals surface area (Å²) >= 11 is 0. The van der Waals surface area contributed by atoms with E-state index < -0.39 is 10.9 Å². The highest BCUT2D eigenvalue weighted by Gasteiger charge is 2.17. The second kappa shape index (κ2) is 7.87. The quantitative estimate of drug-likeness (QED) is 0.317. The number of benzene rings is 1. The van der Waals surface area contributed by atoms with Crippen LogP contribution in [0.2, 0.25) is 0 Å². The van der Waals surface area contributed by atoms with Gasteiger partial charge in [0.2, 0.25) is 5.96 Å². The molecule has 0 aliphatic rings. The first-order chi connectivity index (χ1) is 9.40. The number of halogens is 1. The van der Waals surface area contributed by atoms with Crippen molar-refractivity contribution in [2.45, 2.75) is 0 Å². The molecule has 0 amide bonds. The molecule has 116 valence electrons. The van der Waals surface area contributed by atoms with Gasteiger partial charge in [0.15, 0.2) is 11.5 Å². The summed E-state index contributed by atoms with van der Waals surface area (Å²) in [5, 5.41) is 30.4. The molecule has 1 aromatic carbocycles. The van der Waals surface area contributed by atoms with Crippen molar-refractivity contribution < 1.29 is 19.6 Å². The number of nitrogens with zero attached hydrogens (tertiary/aromatic N) is 3. The van der Waals surface area contributed by atoms with Crippen molar-refractivity contribution >= 4 is 30.3 Å². The fourth-order valence-corrected chi connectivity index (χ4v) is 1.36. The third-order valence-electron chi connectivity index (χ3n) is 2.22. The molecular weight excluding hydrogens is 306 g/mol. The Morgan fingerprint density at radius 1 is 1.52 bits per heavy atom. The van der Waals surface area contributed by atoms with E-state index in [0.717, 1.165) is 6.21 Å². The number of non-ortho nitro benzene ring substituents is 1. The summed E-state index contributed by atoms with van der Waals surface area (Å²) in [6.45, 7) is 0. The molecule has 0 saturated carbocycles. The van der Waals surface area contributed by atoms with Gasteiger partial charge in [0.05, 0.1) is 31.4 Å². The summed E-state index contributed by atoms with van der Waals surface area (Å²) < 4.78 is 10.1. The van der Waals surface area contributed by atoms with Gasteiger partial charge in [0.25, 0.3) is 5.69 Å². The van der Waals surface area contributed by atoms with Crippen LogP contribution < -0.4 is 15.2 Å². The van der Waals surface area contributed by atoms with Crippen LogP contribution in [-0.2, 0) is 0 Å². The minimum atomic E-state index is -0.711. The van der Waals surface area contributed by atoms with Crippen molar-refractivity contribution in [2.24, 2.45) is 10.8 Å². The molecule has 21 heavy (non-hydrogen) atoms. The minimum Gasteiger partial charge on any atom is -0.493 e. The van der Waals surface area contributed by atoms with Crippen LogP contribution >= 0.6 is 12.4 Å². The summed E-state index contributed by atoms with van der Waals surface area (Å²) in [7, 11) is 2.68. The number of nitro groups is 1. The predicted octanol–water partition coefficient (Wildman–Crippen LogP) is 0.952. The van der Waals surface area contributed by atoms with E-state index in [1.807, 2.05) is 0 Å². The van der Waals surface area contributed by atoms with E-state index in [1.54, 1.807) is 0 Å². The molecule has 0 saturated heterocycles. The van der Waals surface area contributed by atoms with E-state index in [2.05, 4.69) is 5.10 Å². The number of guanidine groups is 1. The van der Waals surface area contributed by atoms with Crippen LogP contribution in [0.5, 0.6) is 11.5 Å². The maximum atomic E-state index is 10.8. The molecule has 1 rings (SSSR count). The molecule has 0 fully saturated rings. The first-order valence-corrected chi connectivity index (χ1v) is 5.18. The van der Waals surface area contributed by atoms with E-state index in [4.69, 9.17) is 25.8 Å². The van der Waals surface area contributed by atoms with Crippen molar-refractivity contribution in [3.05, 3.63) is 27.8 Å². The van der Waals surface area contributed by atoms with Crippen LogP contribution in [0.1, 0.15) is 5.56 Å². The van der Waals surface area contributed by atoms with Gasteiger partial charge in [-0.1, -0.05) is 0 Å². The highest BCUT2D eigenvalue weighted by atomic mass is 35.5. The van der Waals surface area contributed by atoms with E-state index in [9.17, 15) is 10.1 Å². The average molecular weight is 320 g/mol. The number of nitro benzene ring substituents is 1. The zero-order valence-corrected chi connectivity index (χ0v) is 12.0. The summed E-state index contributed by atoms with van der Waals surface area (Å²) in [5.41, 5.74) is 4.93. The van der Waals surface area contributed by atoms with E-state index in [1.165, 1.54) is 26.4 Å². The van der Waals surface area contributed by atoms with Crippen LogP contribution in [0.25, 0.3) is 0 Å². The summed E-state index contributed by atoms with van der Waals surface area (Å²) in [4.78, 5) is 10.2. The zero-order valence-electron chi connectivity index (χ0n) is 11.1. The number of methoxy groups -OCH3 is 2. The second-order valence-electron chi connectivity index (χ2n) is 3.45. The van der Waals surface area contributed by atoms with Gasteiger partial charge in [-0.15, -0.1) is 17.6 Å². The van der Waals surface area contributed by atoms with Gasteiger partial charge in [-0.25, -0.2) is 0 Å². The lowest BCUT2D eigenvalue weighted by Gasteiger charge is -2.11. The normalized spacial score (nSPS) is 9.86. The fourth-order valence-electron chi connectivity index (χ4n) is 1.36. The van der Waals surface area contributed by atoms with Gasteiger partial charge in [0.1, 0.15) is 0 Å². The SMILES string of the molecule is COc1cc([N+](=O)[O-])cc(/C=N/N(O)C(=N)N)c1OC.Cl. The van der Waals surface area contributed by atoms with Crippen molar-refractivity contribution in [3.8, 4) is 11.5 Å². The number of rotatable bonds is 5. The molecule has 0 bridgehead atoms. The molecule has 0 spiro atoms. The minimum absolute atomic E-state index is 0. The molecule has 0 aliphatic carbocycles. The molecule has 1 aromatic rings. The molecule has 4 N–H and O–H groups in total. The number of hydrogen-bond donors (Lipinski definition) is 3. The Morgan fingerprint density at radius 3 is 2.57 bits per heavy atom. The Labute approximate surface area is 125 Å². The summed E-state index contributed by atoms with van der Waals surface area (Å²) in [6.07, 6.45) is 1.05. The van der Waals surface area contributed by atoms with Gasteiger partial charge >= 0.3 is 0 Å². The molecule has 11 heteroatoms. The van der Waals surface area contributed by atoms with Gasteiger partial charge in [-0.05, 0) is 0 Å². The Morgan fingerprint density at radius 2 is 2.14 bits per heavy atom. The monoisotopic (exact) mass is 319 g/mol. The van der Waals surface area contributed by atoms with Gasteiger partial charge in [-0.2, -0.15) is 5.10 Å². The van der Waals surface area contributed by atoms with E-state index in [0.29, 0.717) is 0 Å². The van der Waals surface area contributed by atoms with Crippen LogP contribution in [0.3, 0.4) is 0 Å².